The largest absolute Gasteiger partial charge is 0.494 e. The van der Waals surface area contributed by atoms with E-state index in [4.69, 9.17) is 10.5 Å². The average molecular weight is 293 g/mol. The molecule has 1 aromatic rings. The van der Waals surface area contributed by atoms with Gasteiger partial charge in [0.15, 0.2) is 11.6 Å². The van der Waals surface area contributed by atoms with Crippen LogP contribution >= 0.6 is 0 Å². The molecular weight excluding hydrogens is 265 g/mol. The zero-order valence-corrected chi connectivity index (χ0v) is 13.5. The van der Waals surface area contributed by atoms with Crippen LogP contribution in [0.25, 0.3) is 0 Å². The Labute approximate surface area is 127 Å². The van der Waals surface area contributed by atoms with Crippen molar-refractivity contribution in [2.75, 3.05) is 7.11 Å². The highest BCUT2D eigenvalue weighted by Crippen LogP contribution is 2.36. The summed E-state index contributed by atoms with van der Waals surface area (Å²) in [6.45, 7) is 4.54. The first-order valence-electron chi connectivity index (χ1n) is 8.03. The Morgan fingerprint density at radius 2 is 2.19 bits per heavy atom. The molecule has 2 rings (SSSR count). The van der Waals surface area contributed by atoms with E-state index in [0.717, 1.165) is 30.7 Å². The minimum absolute atomic E-state index is 0.182. The van der Waals surface area contributed by atoms with Gasteiger partial charge in [-0.2, -0.15) is 0 Å². The third-order valence-electron chi connectivity index (χ3n) is 4.56. The van der Waals surface area contributed by atoms with Crippen LogP contribution in [0.4, 0.5) is 4.39 Å². The van der Waals surface area contributed by atoms with Gasteiger partial charge in [0, 0.05) is 5.54 Å². The summed E-state index contributed by atoms with van der Waals surface area (Å²) in [7, 11) is 1.49. The third-order valence-corrected chi connectivity index (χ3v) is 4.56. The van der Waals surface area contributed by atoms with Gasteiger partial charge in [0.25, 0.3) is 0 Å². The van der Waals surface area contributed by atoms with Crippen LogP contribution < -0.4 is 10.5 Å². The van der Waals surface area contributed by atoms with Gasteiger partial charge >= 0.3 is 0 Å². The Bertz CT molecular complexity index is 474. The molecule has 0 heterocycles. The molecule has 2 nitrogen and oxygen atoms in total. The minimum atomic E-state index is -0.298. The van der Waals surface area contributed by atoms with Crippen LogP contribution in [0, 0.1) is 17.7 Å². The Kier molecular flexibility index (Phi) is 5.26. The summed E-state index contributed by atoms with van der Waals surface area (Å²) in [6.07, 6.45) is 6.56. The summed E-state index contributed by atoms with van der Waals surface area (Å²) < 4.78 is 18.8. The molecule has 1 fully saturated rings. The molecule has 2 atom stereocenters. The summed E-state index contributed by atoms with van der Waals surface area (Å²) >= 11 is 0. The average Bonchev–Trinajstić information content (AvgIpc) is 2.37. The molecule has 3 heteroatoms. The molecule has 0 aromatic heterocycles. The second-order valence-electron chi connectivity index (χ2n) is 7.10. The van der Waals surface area contributed by atoms with E-state index in [2.05, 4.69) is 13.8 Å². The third kappa shape index (κ3) is 4.44. The molecule has 0 amide bonds. The highest BCUT2D eigenvalue weighted by atomic mass is 19.1. The number of methoxy groups -OCH3 is 1. The lowest BCUT2D eigenvalue weighted by Gasteiger charge is -2.39. The monoisotopic (exact) mass is 293 g/mol. The van der Waals surface area contributed by atoms with Crippen molar-refractivity contribution in [1.29, 1.82) is 0 Å². The van der Waals surface area contributed by atoms with Crippen molar-refractivity contribution in [3.05, 3.63) is 29.6 Å². The molecule has 118 valence electrons. The van der Waals surface area contributed by atoms with Gasteiger partial charge in [-0.1, -0.05) is 32.8 Å². The Hall–Kier alpha value is -1.09. The van der Waals surface area contributed by atoms with Crippen molar-refractivity contribution in [3.8, 4) is 5.75 Å². The van der Waals surface area contributed by atoms with Gasteiger partial charge in [-0.25, -0.2) is 4.39 Å². The predicted molar refractivity (Wildman–Crippen MR) is 85.0 cm³/mol. The van der Waals surface area contributed by atoms with E-state index < -0.39 is 0 Å². The summed E-state index contributed by atoms with van der Waals surface area (Å²) in [5.41, 5.74) is 7.42. The fraction of sp³-hybridized carbons (Fsp3) is 0.667. The molecule has 1 aromatic carbocycles. The van der Waals surface area contributed by atoms with E-state index >= 15 is 0 Å². The zero-order chi connectivity index (χ0) is 15.5. The second kappa shape index (κ2) is 6.78. The number of nitrogens with two attached hydrogens (primary N) is 1. The summed E-state index contributed by atoms with van der Waals surface area (Å²) in [5.74, 6) is 1.43. The van der Waals surface area contributed by atoms with E-state index in [0.29, 0.717) is 11.7 Å². The van der Waals surface area contributed by atoms with Gasteiger partial charge in [-0.3, -0.25) is 0 Å². The van der Waals surface area contributed by atoms with Gasteiger partial charge in [-0.05, 0) is 55.2 Å². The van der Waals surface area contributed by atoms with Crippen LogP contribution in [0.15, 0.2) is 18.2 Å². The molecule has 2 unspecified atom stereocenters. The van der Waals surface area contributed by atoms with Gasteiger partial charge in [0.2, 0.25) is 0 Å². The maximum Gasteiger partial charge on any atom is 0.165 e. The molecule has 1 saturated carbocycles. The molecule has 0 radical (unpaired) electrons. The fourth-order valence-electron chi connectivity index (χ4n) is 3.78. The van der Waals surface area contributed by atoms with Crippen molar-refractivity contribution >= 4 is 0 Å². The summed E-state index contributed by atoms with van der Waals surface area (Å²) in [6, 6.07) is 5.20. The molecule has 21 heavy (non-hydrogen) atoms. The van der Waals surface area contributed by atoms with Crippen LogP contribution in [0.5, 0.6) is 5.75 Å². The Morgan fingerprint density at radius 1 is 1.43 bits per heavy atom. The molecule has 1 aliphatic carbocycles. The highest BCUT2D eigenvalue weighted by Gasteiger charge is 2.33. The summed E-state index contributed by atoms with van der Waals surface area (Å²) in [4.78, 5) is 0. The SMILES string of the molecule is COc1ccc(CC2(N)CCCC(CC(C)C)C2)cc1F. The Morgan fingerprint density at radius 3 is 2.81 bits per heavy atom. The fourth-order valence-corrected chi connectivity index (χ4v) is 3.78. The number of hydrogen-bond acceptors (Lipinski definition) is 2. The first kappa shape index (κ1) is 16.3. The van der Waals surface area contributed by atoms with Crippen LogP contribution in [-0.2, 0) is 6.42 Å². The molecule has 0 aliphatic heterocycles. The first-order chi connectivity index (χ1) is 9.92. The number of ether oxygens (including phenoxy) is 1. The number of rotatable bonds is 5. The van der Waals surface area contributed by atoms with E-state index in [9.17, 15) is 4.39 Å². The lowest BCUT2D eigenvalue weighted by Crippen LogP contribution is -2.46. The quantitative estimate of drug-likeness (QED) is 0.878. The number of benzene rings is 1. The highest BCUT2D eigenvalue weighted by molar-refractivity contribution is 5.30. The predicted octanol–water partition coefficient (Wildman–Crippen LogP) is 4.31. The topological polar surface area (TPSA) is 35.2 Å². The van der Waals surface area contributed by atoms with Crippen LogP contribution in [0.3, 0.4) is 0 Å². The maximum absolute atomic E-state index is 13.8. The minimum Gasteiger partial charge on any atom is -0.494 e. The maximum atomic E-state index is 13.8. The van der Waals surface area contributed by atoms with E-state index in [1.54, 1.807) is 12.1 Å². The molecule has 0 spiro atoms. The molecule has 2 N–H and O–H groups in total. The van der Waals surface area contributed by atoms with Crippen molar-refractivity contribution in [2.45, 2.75) is 57.9 Å². The van der Waals surface area contributed by atoms with Crippen molar-refractivity contribution in [3.63, 3.8) is 0 Å². The second-order valence-corrected chi connectivity index (χ2v) is 7.10. The standard InChI is InChI=1S/C18H28FNO/c1-13(2)9-14-5-4-8-18(20,11-14)12-15-6-7-17(21-3)16(19)10-15/h6-7,10,13-14H,4-5,8-9,11-12,20H2,1-3H3. The van der Waals surface area contributed by atoms with Gasteiger partial charge in [-0.15, -0.1) is 0 Å². The van der Waals surface area contributed by atoms with Crippen LogP contribution in [0.1, 0.15) is 51.5 Å². The Balaban J connectivity index is 2.04. The lowest BCUT2D eigenvalue weighted by atomic mass is 9.71. The van der Waals surface area contributed by atoms with E-state index in [1.165, 1.54) is 26.4 Å². The number of halogens is 1. The molecule has 0 bridgehead atoms. The van der Waals surface area contributed by atoms with E-state index in [1.807, 2.05) is 6.07 Å². The smallest absolute Gasteiger partial charge is 0.165 e. The van der Waals surface area contributed by atoms with Gasteiger partial charge in [0.1, 0.15) is 0 Å². The van der Waals surface area contributed by atoms with E-state index in [-0.39, 0.29) is 11.4 Å². The molecule has 0 saturated heterocycles. The number of hydrogen-bond donors (Lipinski definition) is 1. The van der Waals surface area contributed by atoms with Crippen molar-refractivity contribution in [1.82, 2.24) is 0 Å². The first-order valence-corrected chi connectivity index (χ1v) is 8.03. The van der Waals surface area contributed by atoms with Crippen LogP contribution in [0.2, 0.25) is 0 Å². The van der Waals surface area contributed by atoms with Gasteiger partial charge < -0.3 is 10.5 Å². The van der Waals surface area contributed by atoms with Crippen LogP contribution in [-0.4, -0.2) is 12.6 Å². The molecule has 1 aliphatic rings. The van der Waals surface area contributed by atoms with Gasteiger partial charge in [0.05, 0.1) is 7.11 Å². The lowest BCUT2D eigenvalue weighted by molar-refractivity contribution is 0.200. The normalized spacial score (nSPS) is 26.1. The molecular formula is C18H28FNO. The zero-order valence-electron chi connectivity index (χ0n) is 13.5. The van der Waals surface area contributed by atoms with Crippen molar-refractivity contribution in [2.24, 2.45) is 17.6 Å². The summed E-state index contributed by atoms with van der Waals surface area (Å²) in [5, 5.41) is 0. The van der Waals surface area contributed by atoms with Crippen molar-refractivity contribution < 1.29 is 9.13 Å².